The lowest BCUT2D eigenvalue weighted by molar-refractivity contribution is 0.423. The molecule has 1 heterocycles. The van der Waals surface area contributed by atoms with E-state index >= 15 is 0 Å². The van der Waals surface area contributed by atoms with Crippen LogP contribution in [0.5, 0.6) is 5.75 Å². The number of phenols is 1. The molecule has 2 N–H and O–H groups in total. The van der Waals surface area contributed by atoms with Gasteiger partial charge in [0.2, 0.25) is 0 Å². The van der Waals surface area contributed by atoms with E-state index in [0.717, 1.165) is 33.4 Å². The van der Waals surface area contributed by atoms with Crippen molar-refractivity contribution in [1.29, 1.82) is 0 Å². The molecule has 0 radical (unpaired) electrons. The molecule has 7 heteroatoms. The standard InChI is InChI=1S/C34H37N3O3S/c1-22-16-18-24(19-17-22)41(39,40)36-28-13-9-8-12-25(28)32-35-29-14-10-11-15-30(29)37(32)23-20-26(33(2,3)4)31(38)27(21-23)34(5,6)7/h8-21,36,38H,1-7H3. The number of nitrogens with zero attached hydrogens (tertiary/aromatic N) is 2. The molecule has 0 aliphatic rings. The highest BCUT2D eigenvalue weighted by Crippen LogP contribution is 2.42. The highest BCUT2D eigenvalue weighted by Gasteiger charge is 2.28. The predicted octanol–water partition coefficient (Wildman–Crippen LogP) is 8.10. The van der Waals surface area contributed by atoms with Gasteiger partial charge in [0.1, 0.15) is 11.6 Å². The Morgan fingerprint density at radius 2 is 1.34 bits per heavy atom. The first-order valence-electron chi connectivity index (χ1n) is 13.7. The largest absolute Gasteiger partial charge is 0.507 e. The van der Waals surface area contributed by atoms with Gasteiger partial charge >= 0.3 is 0 Å². The van der Waals surface area contributed by atoms with Crippen LogP contribution in [0.2, 0.25) is 0 Å². The Hall–Kier alpha value is -4.10. The summed E-state index contributed by atoms with van der Waals surface area (Å²) < 4.78 is 31.7. The Morgan fingerprint density at radius 1 is 0.780 bits per heavy atom. The fourth-order valence-electron chi connectivity index (χ4n) is 5.05. The molecule has 6 nitrogen and oxygen atoms in total. The molecule has 0 amide bonds. The number of nitrogens with one attached hydrogen (secondary N) is 1. The molecule has 0 spiro atoms. The van der Waals surface area contributed by atoms with Crippen molar-refractivity contribution in [1.82, 2.24) is 9.55 Å². The first kappa shape index (κ1) is 28.4. The van der Waals surface area contributed by atoms with Crippen LogP contribution in [-0.4, -0.2) is 23.1 Å². The second-order valence-corrected chi connectivity index (χ2v) is 14.3. The van der Waals surface area contributed by atoms with E-state index in [2.05, 4.69) is 50.8 Å². The highest BCUT2D eigenvalue weighted by molar-refractivity contribution is 7.92. The summed E-state index contributed by atoms with van der Waals surface area (Å²) in [4.78, 5) is 5.20. The Bertz CT molecular complexity index is 1820. The minimum Gasteiger partial charge on any atom is -0.507 e. The van der Waals surface area contributed by atoms with E-state index in [9.17, 15) is 13.5 Å². The van der Waals surface area contributed by atoms with Crippen molar-refractivity contribution in [2.75, 3.05) is 4.72 Å². The van der Waals surface area contributed by atoms with Gasteiger partial charge in [-0.05, 0) is 66.3 Å². The van der Waals surface area contributed by atoms with Crippen molar-refractivity contribution in [3.63, 3.8) is 0 Å². The third-order valence-electron chi connectivity index (χ3n) is 7.27. The fraction of sp³-hybridized carbons (Fsp3) is 0.265. The van der Waals surface area contributed by atoms with Crippen LogP contribution in [0, 0.1) is 6.92 Å². The van der Waals surface area contributed by atoms with E-state index in [1.54, 1.807) is 36.4 Å². The van der Waals surface area contributed by atoms with Crippen LogP contribution in [0.1, 0.15) is 58.2 Å². The van der Waals surface area contributed by atoms with Gasteiger partial charge in [0.15, 0.2) is 0 Å². The van der Waals surface area contributed by atoms with Gasteiger partial charge < -0.3 is 5.11 Å². The monoisotopic (exact) mass is 567 g/mol. The Morgan fingerprint density at radius 3 is 1.95 bits per heavy atom. The lowest BCUT2D eigenvalue weighted by atomic mass is 9.79. The molecular weight excluding hydrogens is 530 g/mol. The predicted molar refractivity (Wildman–Crippen MR) is 168 cm³/mol. The first-order valence-corrected chi connectivity index (χ1v) is 15.2. The van der Waals surface area contributed by atoms with Gasteiger partial charge in [-0.2, -0.15) is 0 Å². The van der Waals surface area contributed by atoms with Crippen molar-refractivity contribution in [2.45, 2.75) is 64.2 Å². The Kier molecular flexibility index (Phi) is 6.98. The molecule has 212 valence electrons. The van der Waals surface area contributed by atoms with Crippen molar-refractivity contribution in [3.8, 4) is 22.8 Å². The van der Waals surface area contributed by atoms with Crippen molar-refractivity contribution >= 4 is 26.7 Å². The molecule has 0 saturated heterocycles. The maximum Gasteiger partial charge on any atom is 0.261 e. The molecule has 0 fully saturated rings. The van der Waals surface area contributed by atoms with Crippen LogP contribution in [0.25, 0.3) is 28.1 Å². The summed E-state index contributed by atoms with van der Waals surface area (Å²) in [5, 5.41) is 11.4. The summed E-state index contributed by atoms with van der Waals surface area (Å²) in [6, 6.07) is 26.0. The van der Waals surface area contributed by atoms with Crippen LogP contribution in [0.3, 0.4) is 0 Å². The number of benzene rings is 4. The number of hydrogen-bond acceptors (Lipinski definition) is 4. The van der Waals surface area contributed by atoms with Crippen LogP contribution >= 0.6 is 0 Å². The smallest absolute Gasteiger partial charge is 0.261 e. The molecule has 0 unspecified atom stereocenters. The van der Waals surface area contributed by atoms with Gasteiger partial charge in [-0.15, -0.1) is 0 Å². The maximum atomic E-state index is 13.4. The Labute approximate surface area is 242 Å². The molecule has 5 rings (SSSR count). The number of rotatable bonds is 5. The van der Waals surface area contributed by atoms with Crippen molar-refractivity contribution < 1.29 is 13.5 Å². The molecule has 0 aliphatic heterocycles. The summed E-state index contributed by atoms with van der Waals surface area (Å²) in [6.07, 6.45) is 0. The number of imidazole rings is 1. The van der Waals surface area contributed by atoms with E-state index in [4.69, 9.17) is 4.98 Å². The minimum absolute atomic E-state index is 0.189. The Balaban J connectivity index is 1.77. The SMILES string of the molecule is Cc1ccc(S(=O)(=O)Nc2ccccc2-c2nc3ccccc3n2-c2cc(C(C)(C)C)c(O)c(C(C)(C)C)c2)cc1. The molecular formula is C34H37N3O3S. The normalized spacial score (nSPS) is 12.6. The third kappa shape index (κ3) is 5.46. The second kappa shape index (κ2) is 10.1. The van der Waals surface area contributed by atoms with Gasteiger partial charge in [-0.3, -0.25) is 9.29 Å². The quantitative estimate of drug-likeness (QED) is 0.225. The third-order valence-corrected chi connectivity index (χ3v) is 8.65. The topological polar surface area (TPSA) is 84.2 Å². The average molecular weight is 568 g/mol. The summed E-state index contributed by atoms with van der Waals surface area (Å²) in [5.41, 5.74) is 5.57. The zero-order valence-electron chi connectivity index (χ0n) is 24.6. The number of phenolic OH excluding ortho intramolecular Hbond substituents is 1. The van der Waals surface area contributed by atoms with Crippen molar-refractivity contribution in [2.24, 2.45) is 0 Å². The molecule has 1 aromatic heterocycles. The number of para-hydroxylation sites is 3. The summed E-state index contributed by atoms with van der Waals surface area (Å²) in [5.74, 6) is 0.893. The molecule has 0 aliphatic carbocycles. The van der Waals surface area contributed by atoms with Gasteiger partial charge in [-0.25, -0.2) is 13.4 Å². The molecule has 0 saturated carbocycles. The van der Waals surface area contributed by atoms with Crippen LogP contribution in [0.15, 0.2) is 89.8 Å². The fourth-order valence-corrected chi connectivity index (χ4v) is 6.13. The van der Waals surface area contributed by atoms with E-state index in [0.29, 0.717) is 22.8 Å². The van der Waals surface area contributed by atoms with E-state index in [1.807, 2.05) is 55.5 Å². The van der Waals surface area contributed by atoms with Crippen LogP contribution < -0.4 is 4.72 Å². The van der Waals surface area contributed by atoms with Crippen molar-refractivity contribution in [3.05, 3.63) is 102 Å². The summed E-state index contributed by atoms with van der Waals surface area (Å²) >= 11 is 0. The van der Waals surface area contributed by atoms with E-state index in [-0.39, 0.29) is 15.7 Å². The summed E-state index contributed by atoms with van der Waals surface area (Å²) in [6.45, 7) is 14.4. The number of hydrogen-bond donors (Lipinski definition) is 2. The number of sulfonamides is 1. The van der Waals surface area contributed by atoms with E-state index in [1.165, 1.54) is 0 Å². The minimum atomic E-state index is -3.85. The molecule has 5 aromatic rings. The maximum absolute atomic E-state index is 13.4. The molecule has 4 aromatic carbocycles. The zero-order chi connectivity index (χ0) is 29.7. The molecule has 0 atom stereocenters. The number of aromatic hydroxyl groups is 1. The summed E-state index contributed by atoms with van der Waals surface area (Å²) in [7, 11) is -3.85. The number of aromatic nitrogens is 2. The lowest BCUT2D eigenvalue weighted by Gasteiger charge is -2.28. The van der Waals surface area contributed by atoms with Crippen LogP contribution in [0.4, 0.5) is 5.69 Å². The van der Waals surface area contributed by atoms with Gasteiger partial charge in [-0.1, -0.05) is 83.5 Å². The number of fused-ring (bicyclic) bond motifs is 1. The highest BCUT2D eigenvalue weighted by atomic mass is 32.2. The second-order valence-electron chi connectivity index (χ2n) is 12.6. The van der Waals surface area contributed by atoms with Crippen LogP contribution in [-0.2, 0) is 20.9 Å². The zero-order valence-corrected chi connectivity index (χ0v) is 25.5. The lowest BCUT2D eigenvalue weighted by Crippen LogP contribution is -2.18. The number of aryl methyl sites for hydroxylation is 1. The first-order chi connectivity index (χ1) is 19.2. The molecule has 0 bridgehead atoms. The van der Waals surface area contributed by atoms with Gasteiger partial charge in [0.05, 0.1) is 21.6 Å². The number of anilines is 1. The average Bonchev–Trinajstić information content (AvgIpc) is 3.27. The van der Waals surface area contributed by atoms with E-state index < -0.39 is 10.0 Å². The van der Waals surface area contributed by atoms with Gasteiger partial charge in [0.25, 0.3) is 10.0 Å². The van der Waals surface area contributed by atoms with Gasteiger partial charge in [0, 0.05) is 22.4 Å². The molecule has 41 heavy (non-hydrogen) atoms.